The highest BCUT2D eigenvalue weighted by Gasteiger charge is 2.52. The van der Waals surface area contributed by atoms with E-state index in [2.05, 4.69) is 15.6 Å². The summed E-state index contributed by atoms with van der Waals surface area (Å²) in [6, 6.07) is 12.8. The smallest absolute Gasteiger partial charge is 0.322 e. The first kappa shape index (κ1) is 20.4. The minimum absolute atomic E-state index is 0.0390. The molecule has 7 nitrogen and oxygen atoms in total. The molecule has 0 aliphatic carbocycles. The summed E-state index contributed by atoms with van der Waals surface area (Å²) in [4.78, 5) is 44.0. The van der Waals surface area contributed by atoms with Crippen LogP contribution in [0.1, 0.15) is 28.8 Å². The maximum Gasteiger partial charge on any atom is 0.322 e. The Balaban J connectivity index is 1.51. The molecule has 2 aliphatic heterocycles. The third kappa shape index (κ3) is 3.79. The van der Waals surface area contributed by atoms with Gasteiger partial charge in [0.15, 0.2) is 0 Å². The zero-order valence-electron chi connectivity index (χ0n) is 16.8. The number of carbonyl (C=O) groups excluding carboxylic acids is 3. The average molecular weight is 425 g/mol. The van der Waals surface area contributed by atoms with Crippen LogP contribution in [0.5, 0.6) is 0 Å². The molecule has 3 heterocycles. The number of thioether (sulfide) groups is 1. The van der Waals surface area contributed by atoms with E-state index in [0.717, 1.165) is 5.56 Å². The van der Waals surface area contributed by atoms with Gasteiger partial charge in [0, 0.05) is 25.7 Å². The van der Waals surface area contributed by atoms with Gasteiger partial charge in [-0.2, -0.15) is 0 Å². The number of benzene rings is 1. The van der Waals surface area contributed by atoms with Crippen LogP contribution in [0, 0.1) is 5.92 Å². The van der Waals surface area contributed by atoms with Crippen molar-refractivity contribution in [3.05, 3.63) is 59.8 Å². The molecule has 2 N–H and O–H groups in total. The summed E-state index contributed by atoms with van der Waals surface area (Å²) in [6.07, 6.45) is 5.30. The number of hydrogen-bond acceptors (Lipinski definition) is 5. The second-order valence-electron chi connectivity index (χ2n) is 7.67. The van der Waals surface area contributed by atoms with Crippen LogP contribution in [-0.4, -0.2) is 52.6 Å². The molecule has 0 bridgehead atoms. The molecule has 30 heavy (non-hydrogen) atoms. The predicted octanol–water partition coefficient (Wildman–Crippen LogP) is 2.48. The number of piperidine rings is 1. The van der Waals surface area contributed by atoms with Gasteiger partial charge in [0.2, 0.25) is 0 Å². The number of urea groups is 1. The molecular formula is C22H24N4O3S. The maximum absolute atomic E-state index is 13.0. The Morgan fingerprint density at radius 1 is 1.17 bits per heavy atom. The van der Waals surface area contributed by atoms with E-state index < -0.39 is 11.6 Å². The Bertz CT molecular complexity index is 960. The van der Waals surface area contributed by atoms with Crippen molar-refractivity contribution in [2.24, 2.45) is 5.92 Å². The van der Waals surface area contributed by atoms with Gasteiger partial charge in [-0.05, 0) is 42.7 Å². The summed E-state index contributed by atoms with van der Waals surface area (Å²) in [5.74, 6) is -0.372. The van der Waals surface area contributed by atoms with Gasteiger partial charge < -0.3 is 10.2 Å². The number of hydrogen-bond donors (Lipinski definition) is 2. The minimum Gasteiger partial charge on any atom is -0.339 e. The van der Waals surface area contributed by atoms with Crippen molar-refractivity contribution >= 4 is 29.6 Å². The lowest BCUT2D eigenvalue weighted by Gasteiger charge is -2.40. The average Bonchev–Trinajstić information content (AvgIpc) is 3.07. The molecule has 156 valence electrons. The molecular weight excluding hydrogens is 400 g/mol. The third-order valence-corrected chi connectivity index (χ3v) is 6.68. The number of imide groups is 1. The van der Waals surface area contributed by atoms with E-state index in [9.17, 15) is 14.4 Å². The second-order valence-corrected chi connectivity index (χ2v) is 8.46. The Morgan fingerprint density at radius 3 is 2.53 bits per heavy atom. The van der Waals surface area contributed by atoms with Crippen molar-refractivity contribution in [1.29, 1.82) is 0 Å². The van der Waals surface area contributed by atoms with E-state index in [1.54, 1.807) is 18.3 Å². The highest BCUT2D eigenvalue weighted by Crippen LogP contribution is 2.34. The lowest BCUT2D eigenvalue weighted by Crippen LogP contribution is -2.58. The molecule has 0 radical (unpaired) electrons. The van der Waals surface area contributed by atoms with Gasteiger partial charge in [0.1, 0.15) is 10.6 Å². The van der Waals surface area contributed by atoms with Crippen molar-refractivity contribution in [3.8, 4) is 0 Å². The van der Waals surface area contributed by atoms with Gasteiger partial charge in [0.05, 0.1) is 5.56 Å². The number of amides is 4. The van der Waals surface area contributed by atoms with Crippen LogP contribution in [0.3, 0.4) is 0 Å². The maximum atomic E-state index is 13.0. The Labute approximate surface area is 179 Å². The molecule has 1 unspecified atom stereocenters. The number of likely N-dealkylation sites (tertiary alicyclic amines) is 1. The molecule has 2 saturated heterocycles. The van der Waals surface area contributed by atoms with Gasteiger partial charge >= 0.3 is 6.03 Å². The summed E-state index contributed by atoms with van der Waals surface area (Å²) in [5.41, 5.74) is 0.620. The number of pyridine rings is 1. The van der Waals surface area contributed by atoms with Crippen molar-refractivity contribution < 1.29 is 14.4 Å². The SMILES string of the molecule is CSc1ncccc1C(=O)N1CCC(C2(Cc3ccccc3)NC(=O)NC2=O)CC1. The lowest BCUT2D eigenvalue weighted by atomic mass is 9.74. The van der Waals surface area contributed by atoms with Crippen LogP contribution < -0.4 is 10.6 Å². The Kier molecular flexibility index (Phi) is 5.76. The second kappa shape index (κ2) is 8.47. The fourth-order valence-electron chi connectivity index (χ4n) is 4.44. The van der Waals surface area contributed by atoms with Crippen LogP contribution in [-0.2, 0) is 11.2 Å². The van der Waals surface area contributed by atoms with Crippen LogP contribution in [0.2, 0.25) is 0 Å². The molecule has 2 fully saturated rings. The lowest BCUT2D eigenvalue weighted by molar-refractivity contribution is -0.126. The van der Waals surface area contributed by atoms with Crippen LogP contribution in [0.15, 0.2) is 53.7 Å². The van der Waals surface area contributed by atoms with Crippen molar-refractivity contribution in [1.82, 2.24) is 20.5 Å². The molecule has 0 saturated carbocycles. The number of rotatable bonds is 5. The quantitative estimate of drug-likeness (QED) is 0.568. The minimum atomic E-state index is -0.980. The fourth-order valence-corrected chi connectivity index (χ4v) is 4.98. The van der Waals surface area contributed by atoms with Gasteiger partial charge in [0.25, 0.3) is 11.8 Å². The molecule has 1 aromatic heterocycles. The van der Waals surface area contributed by atoms with E-state index in [4.69, 9.17) is 0 Å². The summed E-state index contributed by atoms with van der Waals surface area (Å²) in [5, 5.41) is 6.05. The molecule has 2 aromatic rings. The highest BCUT2D eigenvalue weighted by molar-refractivity contribution is 7.98. The van der Waals surface area contributed by atoms with E-state index in [0.29, 0.717) is 42.9 Å². The van der Waals surface area contributed by atoms with Crippen molar-refractivity contribution in [2.45, 2.75) is 29.8 Å². The van der Waals surface area contributed by atoms with Gasteiger partial charge in [-0.3, -0.25) is 14.9 Å². The van der Waals surface area contributed by atoms with Crippen LogP contribution >= 0.6 is 11.8 Å². The number of carbonyl (C=O) groups is 3. The van der Waals surface area contributed by atoms with Gasteiger partial charge in [-0.1, -0.05) is 30.3 Å². The first-order chi connectivity index (χ1) is 14.5. The molecule has 1 atom stereocenters. The molecule has 4 amide bonds. The summed E-state index contributed by atoms with van der Waals surface area (Å²) < 4.78 is 0. The largest absolute Gasteiger partial charge is 0.339 e. The molecule has 4 rings (SSSR count). The third-order valence-electron chi connectivity index (χ3n) is 5.97. The van der Waals surface area contributed by atoms with E-state index in [1.165, 1.54) is 11.8 Å². The van der Waals surface area contributed by atoms with Gasteiger partial charge in [-0.15, -0.1) is 11.8 Å². The summed E-state index contributed by atoms with van der Waals surface area (Å²) in [6.45, 7) is 1.07. The highest BCUT2D eigenvalue weighted by atomic mass is 32.2. The van der Waals surface area contributed by atoms with Crippen molar-refractivity contribution in [3.63, 3.8) is 0 Å². The fraction of sp³-hybridized carbons (Fsp3) is 0.364. The zero-order valence-corrected chi connectivity index (χ0v) is 17.6. The topological polar surface area (TPSA) is 91.4 Å². The predicted molar refractivity (Wildman–Crippen MR) is 114 cm³/mol. The molecule has 0 spiro atoms. The van der Waals surface area contributed by atoms with E-state index in [1.807, 2.05) is 41.5 Å². The summed E-state index contributed by atoms with van der Waals surface area (Å²) >= 11 is 1.45. The van der Waals surface area contributed by atoms with E-state index >= 15 is 0 Å². The number of nitrogens with one attached hydrogen (secondary N) is 2. The Morgan fingerprint density at radius 2 is 1.90 bits per heavy atom. The standard InChI is InChI=1S/C22H24N4O3S/c1-30-18-17(8-5-11-23-18)19(27)26-12-9-16(10-13-26)22(20(28)24-21(29)25-22)14-15-6-3-2-4-7-15/h2-8,11,16H,9-10,12-14H2,1H3,(H2,24,25,28,29). The first-order valence-electron chi connectivity index (χ1n) is 9.99. The normalized spacial score (nSPS) is 22.0. The number of aromatic nitrogens is 1. The molecule has 1 aromatic carbocycles. The monoisotopic (exact) mass is 424 g/mol. The van der Waals surface area contributed by atoms with E-state index in [-0.39, 0.29) is 17.7 Å². The zero-order chi connectivity index (χ0) is 21.1. The summed E-state index contributed by atoms with van der Waals surface area (Å²) in [7, 11) is 0. The van der Waals surface area contributed by atoms with Crippen LogP contribution in [0.25, 0.3) is 0 Å². The molecule has 8 heteroatoms. The molecule has 2 aliphatic rings. The number of nitrogens with zero attached hydrogens (tertiary/aromatic N) is 2. The Hall–Kier alpha value is -2.87. The van der Waals surface area contributed by atoms with Crippen LogP contribution in [0.4, 0.5) is 4.79 Å². The van der Waals surface area contributed by atoms with Crippen molar-refractivity contribution in [2.75, 3.05) is 19.3 Å². The first-order valence-corrected chi connectivity index (χ1v) is 11.2. The van der Waals surface area contributed by atoms with Gasteiger partial charge in [-0.25, -0.2) is 9.78 Å².